The molecule has 2 aliphatic carbocycles. The molecule has 1 atom stereocenters. The first-order valence-electron chi connectivity index (χ1n) is 11.5. The fourth-order valence-corrected chi connectivity index (χ4v) is 5.43. The number of hydrogen-bond acceptors (Lipinski definition) is 4. The number of aromatic nitrogens is 2. The summed E-state index contributed by atoms with van der Waals surface area (Å²) in [5.74, 6) is 0.125. The molecule has 0 radical (unpaired) electrons. The fraction of sp³-hybridized carbons (Fsp3) is 0.583. The van der Waals surface area contributed by atoms with E-state index in [4.69, 9.17) is 5.10 Å². The molecule has 0 bridgehead atoms. The van der Waals surface area contributed by atoms with Crippen molar-refractivity contribution in [2.45, 2.75) is 57.7 Å². The molecule has 6 heteroatoms. The molecule has 1 fully saturated rings. The standard InChI is InChI=1S/C24H33N5O/c1-3-29-22-9-8-19(25-20-14-17-6-4-5-7-18(17)15-20)16-21(22)23(26-29)24(30)28-12-10-27(2)11-13-28/h4-7,19-20,25H,3,8-16H2,1-2H3/t19-/m0/s1. The molecule has 160 valence electrons. The first-order chi connectivity index (χ1) is 14.6. The van der Waals surface area contributed by atoms with E-state index >= 15 is 0 Å². The fourth-order valence-electron chi connectivity index (χ4n) is 5.43. The minimum atomic E-state index is 0.125. The van der Waals surface area contributed by atoms with Crippen LogP contribution in [0.15, 0.2) is 24.3 Å². The van der Waals surface area contributed by atoms with Crippen molar-refractivity contribution >= 4 is 5.91 Å². The van der Waals surface area contributed by atoms with Crippen molar-refractivity contribution in [3.05, 3.63) is 52.3 Å². The summed E-state index contributed by atoms with van der Waals surface area (Å²) < 4.78 is 2.07. The number of carbonyl (C=O) groups excluding carboxylic acids is 1. The van der Waals surface area contributed by atoms with Gasteiger partial charge in [-0.15, -0.1) is 0 Å². The molecular weight excluding hydrogens is 374 g/mol. The molecule has 1 aromatic carbocycles. The van der Waals surface area contributed by atoms with Crippen LogP contribution in [0.25, 0.3) is 0 Å². The van der Waals surface area contributed by atoms with Crippen molar-refractivity contribution in [3.8, 4) is 0 Å². The molecule has 1 amide bonds. The SMILES string of the molecule is CCn1nc(C(=O)N2CCN(C)CC2)c2c1CC[C@H](NC1Cc3ccccc3C1)C2. The topological polar surface area (TPSA) is 53.4 Å². The van der Waals surface area contributed by atoms with E-state index in [9.17, 15) is 4.79 Å². The summed E-state index contributed by atoms with van der Waals surface area (Å²) >= 11 is 0. The van der Waals surface area contributed by atoms with E-state index in [2.05, 4.69) is 53.1 Å². The molecule has 2 aromatic rings. The van der Waals surface area contributed by atoms with Gasteiger partial charge in [0.25, 0.3) is 5.91 Å². The lowest BCUT2D eigenvalue weighted by molar-refractivity contribution is 0.0656. The monoisotopic (exact) mass is 407 g/mol. The third-order valence-electron chi connectivity index (χ3n) is 7.16. The molecule has 30 heavy (non-hydrogen) atoms. The molecule has 1 aromatic heterocycles. The Morgan fingerprint density at radius 1 is 1.07 bits per heavy atom. The van der Waals surface area contributed by atoms with Gasteiger partial charge in [-0.25, -0.2) is 0 Å². The Hall–Kier alpha value is -2.18. The van der Waals surface area contributed by atoms with Gasteiger partial charge in [0.1, 0.15) is 0 Å². The summed E-state index contributed by atoms with van der Waals surface area (Å²) in [5, 5.41) is 8.70. The van der Waals surface area contributed by atoms with Crippen molar-refractivity contribution < 1.29 is 4.79 Å². The number of amides is 1. The van der Waals surface area contributed by atoms with Gasteiger partial charge < -0.3 is 15.1 Å². The second-order valence-electron chi connectivity index (χ2n) is 9.17. The van der Waals surface area contributed by atoms with Crippen LogP contribution in [-0.2, 0) is 32.2 Å². The van der Waals surface area contributed by atoms with Crippen LogP contribution in [0, 0.1) is 0 Å². The van der Waals surface area contributed by atoms with E-state index in [1.54, 1.807) is 0 Å². The third kappa shape index (κ3) is 3.67. The van der Waals surface area contributed by atoms with Gasteiger partial charge in [0.15, 0.2) is 5.69 Å². The number of carbonyl (C=O) groups is 1. The quantitative estimate of drug-likeness (QED) is 0.841. The molecule has 2 heterocycles. The Balaban J connectivity index is 1.31. The summed E-state index contributed by atoms with van der Waals surface area (Å²) in [6.07, 6.45) is 5.26. The largest absolute Gasteiger partial charge is 0.335 e. The Kier molecular flexibility index (Phi) is 5.37. The van der Waals surface area contributed by atoms with E-state index in [0.29, 0.717) is 17.8 Å². The van der Waals surface area contributed by atoms with Gasteiger partial charge in [0.05, 0.1) is 0 Å². The molecule has 1 N–H and O–H groups in total. The van der Waals surface area contributed by atoms with Crippen LogP contribution in [0.1, 0.15) is 46.2 Å². The number of fused-ring (bicyclic) bond motifs is 2. The molecule has 0 saturated carbocycles. The maximum absolute atomic E-state index is 13.3. The lowest BCUT2D eigenvalue weighted by Gasteiger charge is -2.32. The highest BCUT2D eigenvalue weighted by Gasteiger charge is 2.33. The lowest BCUT2D eigenvalue weighted by Crippen LogP contribution is -2.47. The van der Waals surface area contributed by atoms with Crippen LogP contribution >= 0.6 is 0 Å². The number of benzene rings is 1. The number of hydrogen-bond donors (Lipinski definition) is 1. The number of rotatable bonds is 4. The average molecular weight is 408 g/mol. The molecule has 0 spiro atoms. The molecule has 3 aliphatic rings. The summed E-state index contributed by atoms with van der Waals surface area (Å²) in [7, 11) is 2.12. The van der Waals surface area contributed by atoms with Gasteiger partial charge in [-0.05, 0) is 57.2 Å². The predicted molar refractivity (Wildman–Crippen MR) is 118 cm³/mol. The Bertz CT molecular complexity index is 903. The van der Waals surface area contributed by atoms with E-state index < -0.39 is 0 Å². The first-order valence-corrected chi connectivity index (χ1v) is 11.5. The van der Waals surface area contributed by atoms with Gasteiger partial charge in [0, 0.05) is 56.1 Å². The Labute approximate surface area is 179 Å². The van der Waals surface area contributed by atoms with E-state index in [-0.39, 0.29) is 5.91 Å². The van der Waals surface area contributed by atoms with Crippen LogP contribution in [0.3, 0.4) is 0 Å². The predicted octanol–water partition coefficient (Wildman–Crippen LogP) is 1.90. The van der Waals surface area contributed by atoms with Gasteiger partial charge in [-0.2, -0.15) is 5.10 Å². The average Bonchev–Trinajstić information content (AvgIpc) is 3.34. The minimum Gasteiger partial charge on any atom is -0.335 e. The summed E-state index contributed by atoms with van der Waals surface area (Å²) in [4.78, 5) is 17.6. The Morgan fingerprint density at radius 2 is 1.77 bits per heavy atom. The maximum atomic E-state index is 13.3. The van der Waals surface area contributed by atoms with Crippen molar-refractivity contribution in [2.75, 3.05) is 33.2 Å². The van der Waals surface area contributed by atoms with Crippen molar-refractivity contribution in [3.63, 3.8) is 0 Å². The van der Waals surface area contributed by atoms with E-state index in [1.165, 1.54) is 22.4 Å². The van der Waals surface area contributed by atoms with Crippen molar-refractivity contribution in [2.24, 2.45) is 0 Å². The van der Waals surface area contributed by atoms with Crippen LogP contribution < -0.4 is 5.32 Å². The zero-order chi connectivity index (χ0) is 20.7. The number of likely N-dealkylation sites (N-methyl/N-ethyl adjacent to an activating group) is 1. The van der Waals surface area contributed by atoms with E-state index in [1.807, 2.05) is 4.90 Å². The number of aryl methyl sites for hydroxylation is 1. The second kappa shape index (κ2) is 8.16. The number of piperazine rings is 1. The molecule has 5 rings (SSSR count). The first kappa shape index (κ1) is 19.8. The molecular formula is C24H33N5O. The van der Waals surface area contributed by atoms with Gasteiger partial charge >= 0.3 is 0 Å². The third-order valence-corrected chi connectivity index (χ3v) is 7.16. The number of nitrogens with zero attached hydrogens (tertiary/aromatic N) is 4. The Morgan fingerprint density at radius 3 is 2.43 bits per heavy atom. The van der Waals surface area contributed by atoms with Crippen LogP contribution in [-0.4, -0.2) is 70.8 Å². The zero-order valence-electron chi connectivity index (χ0n) is 18.2. The summed E-state index contributed by atoms with van der Waals surface area (Å²) in [6, 6.07) is 9.73. The van der Waals surface area contributed by atoms with Crippen LogP contribution in [0.5, 0.6) is 0 Å². The normalized spacial score (nSPS) is 22.2. The highest BCUT2D eigenvalue weighted by Crippen LogP contribution is 2.28. The van der Waals surface area contributed by atoms with Gasteiger partial charge in [-0.1, -0.05) is 24.3 Å². The maximum Gasteiger partial charge on any atom is 0.274 e. The van der Waals surface area contributed by atoms with E-state index in [0.717, 1.165) is 64.8 Å². The lowest BCUT2D eigenvalue weighted by atomic mass is 9.90. The molecule has 6 nitrogen and oxygen atoms in total. The van der Waals surface area contributed by atoms with Gasteiger partial charge in [0.2, 0.25) is 0 Å². The van der Waals surface area contributed by atoms with Crippen LogP contribution in [0.2, 0.25) is 0 Å². The summed E-state index contributed by atoms with van der Waals surface area (Å²) in [6.45, 7) is 6.42. The van der Waals surface area contributed by atoms with Crippen molar-refractivity contribution in [1.29, 1.82) is 0 Å². The highest BCUT2D eigenvalue weighted by molar-refractivity contribution is 5.94. The molecule has 1 aliphatic heterocycles. The van der Waals surface area contributed by atoms with Gasteiger partial charge in [-0.3, -0.25) is 9.48 Å². The zero-order valence-corrected chi connectivity index (χ0v) is 18.2. The van der Waals surface area contributed by atoms with Crippen LogP contribution in [0.4, 0.5) is 0 Å². The minimum absolute atomic E-state index is 0.125. The number of nitrogens with one attached hydrogen (secondary N) is 1. The summed E-state index contributed by atoms with van der Waals surface area (Å²) in [5.41, 5.74) is 6.15. The highest BCUT2D eigenvalue weighted by atomic mass is 16.2. The second-order valence-corrected chi connectivity index (χ2v) is 9.17. The smallest absolute Gasteiger partial charge is 0.274 e. The molecule has 1 saturated heterocycles. The molecule has 0 unspecified atom stereocenters. The van der Waals surface area contributed by atoms with Crippen molar-refractivity contribution in [1.82, 2.24) is 24.9 Å².